The molecule has 24 heteroatoms. The minimum absolute atomic E-state index is 0.107. The van der Waals surface area contributed by atoms with E-state index in [1.165, 1.54) is 24.3 Å². The van der Waals surface area contributed by atoms with Crippen LogP contribution in [0.15, 0.2) is 125 Å². The van der Waals surface area contributed by atoms with E-state index in [4.69, 9.17) is 0 Å². The summed E-state index contributed by atoms with van der Waals surface area (Å²) in [5.41, 5.74) is -0.216. The molecule has 20 nitrogen and oxygen atoms in total. The molecule has 0 aliphatic heterocycles. The number of azo groups is 2. The molecule has 0 atom stereocenters. The monoisotopic (exact) mass is 846 g/mol. The molecule has 0 saturated heterocycles. The van der Waals surface area contributed by atoms with Gasteiger partial charge in [0.1, 0.15) is 32.7 Å². The molecule has 0 saturated carbocycles. The quantitative estimate of drug-likeness (QED) is 0.0584. The Morgan fingerprint density at radius 2 is 0.714 bits per heavy atom. The molecule has 6 aromatic rings. The van der Waals surface area contributed by atoms with Gasteiger partial charge in [-0.05, 0) is 70.4 Å². The number of fused-ring (bicyclic) bond motifs is 2. The van der Waals surface area contributed by atoms with Crippen molar-refractivity contribution in [3.05, 3.63) is 84.9 Å². The zero-order valence-corrected chi connectivity index (χ0v) is 30.6. The number of hydrogen-bond acceptors (Lipinski definition) is 16. The van der Waals surface area contributed by atoms with Gasteiger partial charge in [-0.3, -0.25) is 18.2 Å². The van der Waals surface area contributed by atoms with Crippen LogP contribution in [-0.4, -0.2) is 72.3 Å². The smallest absolute Gasteiger partial charge is 0.296 e. The molecular formula is C32H22N4O16S4. The second-order valence-corrected chi connectivity index (χ2v) is 17.2. The number of hydrogen-bond donors (Lipinski definition) is 8. The van der Waals surface area contributed by atoms with E-state index in [9.17, 15) is 72.3 Å². The predicted octanol–water partition coefficient (Wildman–Crippen LogP) is 6.30. The first-order chi connectivity index (χ1) is 25.9. The number of rotatable bonds is 9. The lowest BCUT2D eigenvalue weighted by Crippen LogP contribution is -2.01. The maximum Gasteiger partial charge on any atom is 0.296 e. The van der Waals surface area contributed by atoms with Crippen LogP contribution in [-0.2, 0) is 40.5 Å². The van der Waals surface area contributed by atoms with Crippen LogP contribution in [0.4, 0.5) is 22.7 Å². The van der Waals surface area contributed by atoms with Gasteiger partial charge in [0.15, 0.2) is 11.5 Å². The average molecular weight is 847 g/mol. The van der Waals surface area contributed by atoms with Gasteiger partial charge < -0.3 is 20.4 Å². The molecular weight excluding hydrogens is 825 g/mol. The summed E-state index contributed by atoms with van der Waals surface area (Å²) < 4.78 is 133. The third-order valence-electron chi connectivity index (χ3n) is 7.96. The number of benzene rings is 6. The highest BCUT2D eigenvalue weighted by atomic mass is 32.2. The second kappa shape index (κ2) is 13.9. The molecule has 6 aromatic carbocycles. The van der Waals surface area contributed by atoms with Crippen LogP contribution in [0.3, 0.4) is 0 Å². The van der Waals surface area contributed by atoms with E-state index >= 15 is 0 Å². The molecule has 0 aromatic heterocycles. The van der Waals surface area contributed by atoms with Crippen molar-refractivity contribution in [1.29, 1.82) is 0 Å². The van der Waals surface area contributed by atoms with Crippen molar-refractivity contribution in [1.82, 2.24) is 0 Å². The minimum atomic E-state index is -5.11. The van der Waals surface area contributed by atoms with Crippen molar-refractivity contribution in [2.75, 3.05) is 0 Å². The van der Waals surface area contributed by atoms with E-state index in [1.807, 2.05) is 0 Å². The Morgan fingerprint density at radius 3 is 1.00 bits per heavy atom. The van der Waals surface area contributed by atoms with Crippen LogP contribution >= 0.6 is 0 Å². The molecule has 0 aliphatic rings. The summed E-state index contributed by atoms with van der Waals surface area (Å²) in [6.45, 7) is 0. The Kier molecular flexibility index (Phi) is 9.80. The van der Waals surface area contributed by atoms with E-state index in [1.54, 1.807) is 24.3 Å². The normalized spacial score (nSPS) is 13.0. The van der Waals surface area contributed by atoms with Gasteiger partial charge in [-0.2, -0.15) is 43.9 Å². The fraction of sp³-hybridized carbons (Fsp3) is 0. The molecule has 8 N–H and O–H groups in total. The topological polar surface area (TPSA) is 348 Å². The Labute approximate surface area is 315 Å². The summed E-state index contributed by atoms with van der Waals surface area (Å²) in [6, 6.07) is 16.1. The van der Waals surface area contributed by atoms with E-state index < -0.39 is 105 Å². The lowest BCUT2D eigenvalue weighted by atomic mass is 10.1. The third-order valence-corrected chi connectivity index (χ3v) is 11.4. The van der Waals surface area contributed by atoms with Crippen molar-refractivity contribution in [3.8, 4) is 34.1 Å². The number of phenolic OH excluding ortho intramolecular Hbond substituents is 4. The maximum absolute atomic E-state index is 12.2. The Balaban J connectivity index is 1.28. The van der Waals surface area contributed by atoms with Gasteiger partial charge >= 0.3 is 0 Å². The molecule has 0 radical (unpaired) electrons. The van der Waals surface area contributed by atoms with Crippen molar-refractivity contribution >= 4 is 84.8 Å². The van der Waals surface area contributed by atoms with Crippen LogP contribution in [0, 0.1) is 0 Å². The lowest BCUT2D eigenvalue weighted by Gasteiger charge is -2.11. The molecule has 0 heterocycles. The summed E-state index contributed by atoms with van der Waals surface area (Å²) in [4.78, 5) is -3.64. The SMILES string of the molecule is O=S(=O)(O)c1cc(O)c2c(O)c(N=Nc3ccc(-c4ccc(N=Nc5c(S(=O)(=O)O)cc6cc(S(=O)(=O)O)cc(O)c6c5O)cc4)cc3)c(S(=O)(=O)O)cc2c1. The largest absolute Gasteiger partial charge is 0.507 e. The summed E-state index contributed by atoms with van der Waals surface area (Å²) in [6.07, 6.45) is 0. The Morgan fingerprint density at radius 1 is 0.393 bits per heavy atom. The van der Waals surface area contributed by atoms with E-state index in [2.05, 4.69) is 20.5 Å². The Bertz CT molecular complexity index is 2940. The molecule has 0 spiro atoms. The first-order valence-corrected chi connectivity index (χ1v) is 20.7. The van der Waals surface area contributed by atoms with Crippen molar-refractivity contribution in [2.24, 2.45) is 20.5 Å². The van der Waals surface area contributed by atoms with Gasteiger partial charge in [0.2, 0.25) is 0 Å². The van der Waals surface area contributed by atoms with Gasteiger partial charge in [0, 0.05) is 12.1 Å². The van der Waals surface area contributed by atoms with Gasteiger partial charge in [-0.25, -0.2) is 0 Å². The van der Waals surface area contributed by atoms with Crippen LogP contribution in [0.1, 0.15) is 0 Å². The lowest BCUT2D eigenvalue weighted by molar-refractivity contribution is 0.457. The molecule has 0 unspecified atom stereocenters. The Hall–Kier alpha value is -6.12. The van der Waals surface area contributed by atoms with E-state index in [0.29, 0.717) is 35.4 Å². The zero-order chi connectivity index (χ0) is 41.1. The average Bonchev–Trinajstić information content (AvgIpc) is 3.09. The van der Waals surface area contributed by atoms with Gasteiger partial charge in [0.25, 0.3) is 40.5 Å². The molecule has 0 aliphatic carbocycles. The summed E-state index contributed by atoms with van der Waals surface area (Å²) >= 11 is 0. The second-order valence-electron chi connectivity index (χ2n) is 11.6. The number of phenols is 4. The van der Waals surface area contributed by atoms with Gasteiger partial charge in [-0.15, -0.1) is 10.2 Å². The van der Waals surface area contributed by atoms with Crippen molar-refractivity contribution < 1.29 is 72.3 Å². The van der Waals surface area contributed by atoms with E-state index in [0.717, 1.165) is 12.1 Å². The van der Waals surface area contributed by atoms with Crippen molar-refractivity contribution in [3.63, 3.8) is 0 Å². The fourth-order valence-corrected chi connectivity index (χ4v) is 7.81. The van der Waals surface area contributed by atoms with Gasteiger partial charge in [0.05, 0.1) is 31.9 Å². The fourth-order valence-electron chi connectivity index (χ4n) is 5.42. The zero-order valence-electron chi connectivity index (χ0n) is 27.3. The predicted molar refractivity (Wildman–Crippen MR) is 194 cm³/mol. The first-order valence-electron chi connectivity index (χ1n) is 14.9. The summed E-state index contributed by atoms with van der Waals surface area (Å²) in [5.74, 6) is -3.69. The van der Waals surface area contributed by atoms with Gasteiger partial charge in [-0.1, -0.05) is 24.3 Å². The molecule has 56 heavy (non-hydrogen) atoms. The highest BCUT2D eigenvalue weighted by molar-refractivity contribution is 7.86. The summed E-state index contributed by atoms with van der Waals surface area (Å²) in [5, 5.41) is 55.9. The summed E-state index contributed by atoms with van der Waals surface area (Å²) in [7, 11) is -19.9. The minimum Gasteiger partial charge on any atom is -0.507 e. The standard InChI is InChI=1S/C32H22N4O16S4/c37-23-13-21(53(41,42)43)9-17-11-25(55(47,48)49)29(31(39)27(17)23)35-33-19-5-1-15(2-6-19)16-3-7-20(8-4-16)34-36-30-26(56(50,51)52)12-18-10-22(54(44,45)46)14-24(38)28(18)32(30)40/h1-14,37-40H,(H,41,42,43)(H,44,45,46)(H,47,48,49)(H,50,51,52). The first kappa shape index (κ1) is 39.6. The number of aromatic hydroxyl groups is 4. The van der Waals surface area contributed by atoms with Crippen LogP contribution in [0.2, 0.25) is 0 Å². The maximum atomic E-state index is 12.2. The molecule has 0 amide bonds. The highest BCUT2D eigenvalue weighted by Crippen LogP contribution is 2.47. The molecule has 290 valence electrons. The van der Waals surface area contributed by atoms with Crippen LogP contribution in [0.25, 0.3) is 32.7 Å². The van der Waals surface area contributed by atoms with Crippen LogP contribution < -0.4 is 0 Å². The van der Waals surface area contributed by atoms with Crippen molar-refractivity contribution in [2.45, 2.75) is 19.6 Å². The molecule has 6 rings (SSSR count). The third kappa shape index (κ3) is 7.84. The number of nitrogens with zero attached hydrogens (tertiary/aromatic N) is 4. The van der Waals surface area contributed by atoms with E-state index in [-0.39, 0.29) is 22.1 Å². The van der Waals surface area contributed by atoms with Crippen LogP contribution in [0.5, 0.6) is 23.0 Å². The highest BCUT2D eigenvalue weighted by Gasteiger charge is 2.27. The molecule has 0 bridgehead atoms. The molecule has 0 fully saturated rings.